The Morgan fingerprint density at radius 3 is 2.33 bits per heavy atom. The molecule has 3 rings (SSSR count). The van der Waals surface area contributed by atoms with Gasteiger partial charge in [0.15, 0.2) is 5.71 Å². The third-order valence-electron chi connectivity index (χ3n) is 7.49. The molecule has 0 saturated carbocycles. The van der Waals surface area contributed by atoms with Crippen LogP contribution in [0.2, 0.25) is 0 Å². The van der Waals surface area contributed by atoms with Crippen LogP contribution in [0.1, 0.15) is 93.4 Å². The Labute approximate surface area is 236 Å². The molecule has 2 aromatic carbocycles. The number of rotatable bonds is 11. The maximum absolute atomic E-state index is 13.7. The molecular formula is C32H40N2O6. The van der Waals surface area contributed by atoms with Gasteiger partial charge in [0, 0.05) is 11.3 Å². The van der Waals surface area contributed by atoms with Crippen LogP contribution in [-0.4, -0.2) is 41.4 Å². The van der Waals surface area contributed by atoms with Crippen molar-refractivity contribution < 1.29 is 29.1 Å². The van der Waals surface area contributed by atoms with Gasteiger partial charge >= 0.3 is 11.9 Å². The number of allylic oxidation sites excluding steroid dienone is 1. The molecule has 1 aliphatic rings. The van der Waals surface area contributed by atoms with Gasteiger partial charge in [0.2, 0.25) is 6.10 Å². The van der Waals surface area contributed by atoms with Crippen molar-refractivity contribution in [3.05, 3.63) is 76.9 Å². The third-order valence-corrected chi connectivity index (χ3v) is 7.49. The van der Waals surface area contributed by atoms with Crippen LogP contribution in [-0.2, 0) is 36.4 Å². The summed E-state index contributed by atoms with van der Waals surface area (Å²) in [5.74, 6) is -2.17. The molecule has 1 atom stereocenters. The van der Waals surface area contributed by atoms with Gasteiger partial charge in [-0.1, -0.05) is 58.0 Å². The Bertz CT molecular complexity index is 1320. The number of aromatic carboxylic acids is 1. The van der Waals surface area contributed by atoms with Gasteiger partial charge in [0.05, 0.1) is 12.2 Å². The van der Waals surface area contributed by atoms with Crippen molar-refractivity contribution in [2.24, 2.45) is 5.16 Å². The summed E-state index contributed by atoms with van der Waals surface area (Å²) >= 11 is 0. The van der Waals surface area contributed by atoms with Crippen LogP contribution in [0.3, 0.4) is 0 Å². The predicted octanol–water partition coefficient (Wildman–Crippen LogP) is 6.16. The third kappa shape index (κ3) is 6.79. The Balaban J connectivity index is 2.06. The number of fused-ring (bicyclic) bond motifs is 1. The lowest BCUT2D eigenvalue weighted by Crippen LogP contribution is -2.34. The van der Waals surface area contributed by atoms with Crippen LogP contribution in [0.5, 0.6) is 0 Å². The van der Waals surface area contributed by atoms with Crippen LogP contribution in [0, 0.1) is 0 Å². The Morgan fingerprint density at radius 2 is 1.73 bits per heavy atom. The minimum atomic E-state index is -1.06. The van der Waals surface area contributed by atoms with Gasteiger partial charge in [-0.15, -0.1) is 6.58 Å². The summed E-state index contributed by atoms with van der Waals surface area (Å²) in [6, 6.07) is 10.5. The number of nitrogens with zero attached hydrogens (tertiary/aromatic N) is 1. The van der Waals surface area contributed by atoms with E-state index in [1.165, 1.54) is 17.7 Å². The number of carboxylic acid groups (broad SMARTS) is 1. The molecule has 1 aliphatic carbocycles. The fourth-order valence-electron chi connectivity index (χ4n) is 4.99. The SMILES string of the molecule is C=CCc1cc(NC(=O)C(=NOC(CC)C(=O)OCC)c2ccc3c(c2)C(C)(C)CCC3(C)C)ccc1C(=O)O. The van der Waals surface area contributed by atoms with Crippen LogP contribution in [0.25, 0.3) is 0 Å². The number of amides is 1. The summed E-state index contributed by atoms with van der Waals surface area (Å²) in [7, 11) is 0. The van der Waals surface area contributed by atoms with Gasteiger partial charge in [0.1, 0.15) is 0 Å². The van der Waals surface area contributed by atoms with Crippen LogP contribution in [0.15, 0.2) is 54.2 Å². The molecule has 0 bridgehead atoms. The lowest BCUT2D eigenvalue weighted by Gasteiger charge is -2.42. The molecule has 1 amide bonds. The molecule has 2 N–H and O–H groups in total. The molecule has 0 aromatic heterocycles. The van der Waals surface area contributed by atoms with E-state index in [9.17, 15) is 19.5 Å². The van der Waals surface area contributed by atoms with Crippen molar-refractivity contribution >= 4 is 29.2 Å². The summed E-state index contributed by atoms with van der Waals surface area (Å²) < 4.78 is 5.09. The predicted molar refractivity (Wildman–Crippen MR) is 156 cm³/mol. The van der Waals surface area contributed by atoms with E-state index in [2.05, 4.69) is 44.7 Å². The molecule has 8 nitrogen and oxygen atoms in total. The van der Waals surface area contributed by atoms with Crippen molar-refractivity contribution in [3.63, 3.8) is 0 Å². The van der Waals surface area contributed by atoms with E-state index in [-0.39, 0.29) is 28.7 Å². The Morgan fingerprint density at radius 1 is 1.05 bits per heavy atom. The zero-order chi connectivity index (χ0) is 29.7. The first-order valence-corrected chi connectivity index (χ1v) is 13.7. The molecule has 0 saturated heterocycles. The first-order valence-electron chi connectivity index (χ1n) is 13.7. The molecule has 0 fully saturated rings. The number of hydrogen-bond acceptors (Lipinski definition) is 6. The second kappa shape index (κ2) is 12.5. The zero-order valence-corrected chi connectivity index (χ0v) is 24.3. The number of oxime groups is 1. The van der Waals surface area contributed by atoms with Gasteiger partial charge in [-0.2, -0.15) is 0 Å². The average Bonchev–Trinajstić information content (AvgIpc) is 2.89. The van der Waals surface area contributed by atoms with E-state index in [4.69, 9.17) is 9.57 Å². The fourth-order valence-corrected chi connectivity index (χ4v) is 4.99. The standard InChI is InChI=1S/C32H40N2O6/c1-8-11-20-18-22(13-14-23(20)29(36)37)33-28(35)27(34-40-26(9-2)30(38)39-10-3)21-12-15-24-25(19-21)32(6,7)17-16-31(24,4)5/h8,12-15,18-19,26H,1,9-11,16-17H2,2-7H3,(H,33,35)(H,36,37). The fraction of sp³-hybridized carbons (Fsp3) is 0.438. The molecule has 0 heterocycles. The summed E-state index contributed by atoms with van der Waals surface area (Å²) in [5.41, 5.74) is 3.85. The topological polar surface area (TPSA) is 114 Å². The number of ether oxygens (including phenoxy) is 1. The average molecular weight is 549 g/mol. The van der Waals surface area contributed by atoms with Gasteiger partial charge in [-0.05, 0) is 84.4 Å². The smallest absolute Gasteiger partial charge is 0.350 e. The highest BCUT2D eigenvalue weighted by atomic mass is 16.7. The minimum Gasteiger partial charge on any atom is -0.478 e. The van der Waals surface area contributed by atoms with Crippen LogP contribution in [0.4, 0.5) is 5.69 Å². The molecule has 214 valence electrons. The second-order valence-electron chi connectivity index (χ2n) is 11.3. The number of carbonyl (C=O) groups is 3. The van der Waals surface area contributed by atoms with Crippen LogP contribution >= 0.6 is 0 Å². The first kappa shape index (κ1) is 30.6. The monoisotopic (exact) mass is 548 g/mol. The summed E-state index contributed by atoms with van der Waals surface area (Å²) in [4.78, 5) is 43.2. The molecule has 0 radical (unpaired) electrons. The van der Waals surface area contributed by atoms with Gasteiger partial charge in [0.25, 0.3) is 5.91 Å². The van der Waals surface area contributed by atoms with Crippen molar-refractivity contribution in [3.8, 4) is 0 Å². The summed E-state index contributed by atoms with van der Waals surface area (Å²) in [6.45, 7) is 16.2. The normalized spacial score (nSPS) is 16.3. The number of carboxylic acids is 1. The maximum atomic E-state index is 13.7. The molecule has 2 aromatic rings. The van der Waals surface area contributed by atoms with Crippen molar-refractivity contribution in [2.75, 3.05) is 11.9 Å². The number of carbonyl (C=O) groups excluding carboxylic acids is 2. The molecule has 40 heavy (non-hydrogen) atoms. The molecular weight excluding hydrogens is 508 g/mol. The zero-order valence-electron chi connectivity index (χ0n) is 24.3. The quantitative estimate of drug-likeness (QED) is 0.150. The molecule has 0 spiro atoms. The highest BCUT2D eigenvalue weighted by molar-refractivity contribution is 6.48. The summed E-state index contributed by atoms with van der Waals surface area (Å²) in [6.07, 6.45) is 3.31. The second-order valence-corrected chi connectivity index (χ2v) is 11.3. The number of nitrogens with one attached hydrogen (secondary N) is 1. The highest BCUT2D eigenvalue weighted by Gasteiger charge is 2.37. The van der Waals surface area contributed by atoms with E-state index in [1.54, 1.807) is 26.0 Å². The first-order chi connectivity index (χ1) is 18.8. The van der Waals surface area contributed by atoms with Crippen LogP contribution < -0.4 is 5.32 Å². The number of anilines is 1. The van der Waals surface area contributed by atoms with Gasteiger partial charge in [-0.3, -0.25) is 4.79 Å². The number of benzene rings is 2. The van der Waals surface area contributed by atoms with E-state index in [1.807, 2.05) is 18.2 Å². The minimum absolute atomic E-state index is 0.00249. The lowest BCUT2D eigenvalue weighted by atomic mass is 9.63. The van der Waals surface area contributed by atoms with E-state index >= 15 is 0 Å². The Kier molecular flexibility index (Phi) is 9.56. The van der Waals surface area contributed by atoms with E-state index < -0.39 is 23.9 Å². The number of hydrogen-bond donors (Lipinski definition) is 2. The highest BCUT2D eigenvalue weighted by Crippen LogP contribution is 2.46. The van der Waals surface area contributed by atoms with Crippen molar-refractivity contribution in [2.45, 2.75) is 84.2 Å². The lowest BCUT2D eigenvalue weighted by molar-refractivity contribution is -0.157. The molecule has 1 unspecified atom stereocenters. The molecule has 0 aliphatic heterocycles. The molecule has 8 heteroatoms. The van der Waals surface area contributed by atoms with Crippen molar-refractivity contribution in [1.82, 2.24) is 0 Å². The Hall–Kier alpha value is -3.94. The van der Waals surface area contributed by atoms with E-state index in [0.29, 0.717) is 29.7 Å². The summed E-state index contributed by atoms with van der Waals surface area (Å²) in [5, 5.41) is 16.5. The van der Waals surface area contributed by atoms with Gasteiger partial charge < -0.3 is 20.0 Å². The van der Waals surface area contributed by atoms with E-state index in [0.717, 1.165) is 18.4 Å². The van der Waals surface area contributed by atoms with Crippen molar-refractivity contribution in [1.29, 1.82) is 0 Å². The number of esters is 1. The maximum Gasteiger partial charge on any atom is 0.350 e. The van der Waals surface area contributed by atoms with Gasteiger partial charge in [-0.25, -0.2) is 9.59 Å². The largest absolute Gasteiger partial charge is 0.478 e.